The van der Waals surface area contributed by atoms with Crippen molar-refractivity contribution in [3.63, 3.8) is 0 Å². The Morgan fingerprint density at radius 3 is 2.07 bits per heavy atom. The second-order valence-corrected chi connectivity index (χ2v) is 11.3. The Hall–Kier alpha value is -1.19. The Bertz CT molecular complexity index is 683. The van der Waals surface area contributed by atoms with Crippen LogP contribution in [0.2, 0.25) is 0 Å². The summed E-state index contributed by atoms with van der Waals surface area (Å²) in [7, 11) is -3.02. The fraction of sp³-hybridized carbons (Fsp3) is 0.900. The Balaban J connectivity index is 1.52. The van der Waals surface area contributed by atoms with Gasteiger partial charge in [-0.05, 0) is 33.1 Å². The van der Waals surface area contributed by atoms with Crippen molar-refractivity contribution in [3.8, 4) is 0 Å². The summed E-state index contributed by atoms with van der Waals surface area (Å²) in [6.07, 6.45) is 4.78. The Labute approximate surface area is 174 Å². The molecule has 0 radical (unpaired) electrons. The van der Waals surface area contributed by atoms with Gasteiger partial charge in [0, 0.05) is 44.3 Å². The fourth-order valence-electron chi connectivity index (χ4n) is 4.83. The summed E-state index contributed by atoms with van der Waals surface area (Å²) in [4.78, 5) is 31.3. The van der Waals surface area contributed by atoms with Gasteiger partial charge in [0.05, 0.1) is 24.6 Å². The molecule has 2 heterocycles. The summed E-state index contributed by atoms with van der Waals surface area (Å²) < 4.78 is 24.0. The first-order valence-corrected chi connectivity index (χ1v) is 12.8. The van der Waals surface area contributed by atoms with Crippen molar-refractivity contribution in [2.75, 3.05) is 50.8 Å². The van der Waals surface area contributed by atoms with E-state index in [1.165, 1.54) is 0 Å². The average molecular weight is 429 g/mol. The van der Waals surface area contributed by atoms with E-state index in [2.05, 4.69) is 15.1 Å². The molecule has 8 nitrogen and oxygen atoms in total. The molecule has 1 aliphatic carbocycles. The summed E-state index contributed by atoms with van der Waals surface area (Å²) in [6, 6.07) is 0.181. The van der Waals surface area contributed by atoms with Crippen LogP contribution in [0.15, 0.2) is 0 Å². The number of nitrogens with zero attached hydrogens (tertiary/aromatic N) is 3. The maximum absolute atomic E-state index is 13.2. The summed E-state index contributed by atoms with van der Waals surface area (Å²) in [6.45, 7) is 7.68. The van der Waals surface area contributed by atoms with Gasteiger partial charge in [-0.25, -0.2) is 8.42 Å². The standard InChI is InChI=1S/C20H36N4O4S/c1-16(2)21-19(25)13-22-8-10-23(11-9-22)14-20(26)24(17-5-3-4-6-17)18-7-12-29(27,28)15-18/h16-18H,3-15H2,1-2H3,(H,21,25)/t18-/m0/s1. The smallest absolute Gasteiger partial charge is 0.237 e. The molecule has 0 aromatic heterocycles. The molecule has 3 rings (SSSR count). The number of hydrogen-bond acceptors (Lipinski definition) is 6. The minimum atomic E-state index is -3.02. The highest BCUT2D eigenvalue weighted by Crippen LogP contribution is 2.29. The highest BCUT2D eigenvalue weighted by molar-refractivity contribution is 7.91. The van der Waals surface area contributed by atoms with Gasteiger partial charge in [0.1, 0.15) is 0 Å². The van der Waals surface area contributed by atoms with E-state index in [1.807, 2.05) is 18.7 Å². The molecule has 29 heavy (non-hydrogen) atoms. The molecule has 9 heteroatoms. The van der Waals surface area contributed by atoms with Crippen LogP contribution in [-0.2, 0) is 19.4 Å². The lowest BCUT2D eigenvalue weighted by atomic mass is 10.1. The zero-order valence-electron chi connectivity index (χ0n) is 17.8. The zero-order valence-corrected chi connectivity index (χ0v) is 18.6. The van der Waals surface area contributed by atoms with E-state index in [4.69, 9.17) is 0 Å². The van der Waals surface area contributed by atoms with Crippen LogP contribution >= 0.6 is 0 Å². The highest BCUT2D eigenvalue weighted by atomic mass is 32.2. The van der Waals surface area contributed by atoms with Crippen LogP contribution in [0.3, 0.4) is 0 Å². The van der Waals surface area contributed by atoms with Gasteiger partial charge in [-0.15, -0.1) is 0 Å². The van der Waals surface area contributed by atoms with Gasteiger partial charge >= 0.3 is 0 Å². The van der Waals surface area contributed by atoms with Crippen molar-refractivity contribution in [1.82, 2.24) is 20.0 Å². The molecule has 2 saturated heterocycles. The number of piperazine rings is 1. The highest BCUT2D eigenvalue weighted by Gasteiger charge is 2.39. The second kappa shape index (κ2) is 9.75. The molecule has 0 spiro atoms. The molecular weight excluding hydrogens is 392 g/mol. The van der Waals surface area contributed by atoms with E-state index in [0.29, 0.717) is 19.5 Å². The lowest BCUT2D eigenvalue weighted by Crippen LogP contribution is -2.54. The first-order chi connectivity index (χ1) is 13.7. The molecule has 0 unspecified atom stereocenters. The van der Waals surface area contributed by atoms with Crippen molar-refractivity contribution < 1.29 is 18.0 Å². The largest absolute Gasteiger partial charge is 0.353 e. The average Bonchev–Trinajstić information content (AvgIpc) is 3.26. The Kier molecular flexibility index (Phi) is 7.56. The third kappa shape index (κ3) is 6.39. The van der Waals surface area contributed by atoms with Gasteiger partial charge in [0.2, 0.25) is 11.8 Å². The molecule has 0 aromatic rings. The molecule has 1 saturated carbocycles. The van der Waals surface area contributed by atoms with Crippen LogP contribution in [-0.4, -0.2) is 104 Å². The maximum atomic E-state index is 13.2. The summed E-state index contributed by atoms with van der Waals surface area (Å²) in [5.74, 6) is 0.434. The molecule has 3 aliphatic rings. The van der Waals surface area contributed by atoms with Gasteiger partial charge < -0.3 is 10.2 Å². The van der Waals surface area contributed by atoms with Crippen LogP contribution in [0.4, 0.5) is 0 Å². The minimum absolute atomic E-state index is 0.0411. The van der Waals surface area contributed by atoms with Gasteiger partial charge in [0.25, 0.3) is 0 Å². The lowest BCUT2D eigenvalue weighted by molar-refractivity contribution is -0.137. The quantitative estimate of drug-likeness (QED) is 0.618. The number of amides is 2. The van der Waals surface area contributed by atoms with Gasteiger partial charge in [-0.2, -0.15) is 0 Å². The van der Waals surface area contributed by atoms with Gasteiger partial charge in [-0.3, -0.25) is 19.4 Å². The molecule has 2 amide bonds. The van der Waals surface area contributed by atoms with Crippen molar-refractivity contribution in [3.05, 3.63) is 0 Å². The van der Waals surface area contributed by atoms with E-state index < -0.39 is 9.84 Å². The molecule has 166 valence electrons. The van der Waals surface area contributed by atoms with Crippen molar-refractivity contribution in [2.45, 2.75) is 64.1 Å². The summed E-state index contributed by atoms with van der Waals surface area (Å²) >= 11 is 0. The third-order valence-electron chi connectivity index (χ3n) is 6.25. The monoisotopic (exact) mass is 428 g/mol. The van der Waals surface area contributed by atoms with E-state index in [0.717, 1.165) is 51.9 Å². The summed E-state index contributed by atoms with van der Waals surface area (Å²) in [5, 5.41) is 2.91. The van der Waals surface area contributed by atoms with E-state index in [9.17, 15) is 18.0 Å². The SMILES string of the molecule is CC(C)NC(=O)CN1CCN(CC(=O)N(C2CCCC2)[C@H]2CCS(=O)(=O)C2)CC1. The van der Waals surface area contributed by atoms with Crippen LogP contribution in [0, 0.1) is 0 Å². The number of carbonyl (C=O) groups excluding carboxylic acids is 2. The van der Waals surface area contributed by atoms with Crippen LogP contribution in [0.1, 0.15) is 46.0 Å². The number of carbonyl (C=O) groups is 2. The predicted molar refractivity (Wildman–Crippen MR) is 112 cm³/mol. The number of hydrogen-bond donors (Lipinski definition) is 1. The molecule has 3 fully saturated rings. The molecule has 0 bridgehead atoms. The first-order valence-electron chi connectivity index (χ1n) is 11.0. The molecule has 2 aliphatic heterocycles. The molecule has 1 N–H and O–H groups in total. The second-order valence-electron chi connectivity index (χ2n) is 9.07. The maximum Gasteiger partial charge on any atom is 0.237 e. The van der Waals surface area contributed by atoms with Crippen LogP contribution in [0.5, 0.6) is 0 Å². The molecule has 1 atom stereocenters. The number of rotatable bonds is 7. The van der Waals surface area contributed by atoms with Crippen LogP contribution < -0.4 is 5.32 Å². The van der Waals surface area contributed by atoms with Crippen LogP contribution in [0.25, 0.3) is 0 Å². The van der Waals surface area contributed by atoms with Crippen molar-refractivity contribution in [2.24, 2.45) is 0 Å². The lowest BCUT2D eigenvalue weighted by Gasteiger charge is -2.38. The number of sulfone groups is 1. The normalized spacial score (nSPS) is 26.1. The zero-order chi connectivity index (χ0) is 21.0. The first kappa shape index (κ1) is 22.5. The Morgan fingerprint density at radius 2 is 1.55 bits per heavy atom. The van der Waals surface area contributed by atoms with E-state index >= 15 is 0 Å². The Morgan fingerprint density at radius 1 is 0.966 bits per heavy atom. The van der Waals surface area contributed by atoms with E-state index in [-0.39, 0.29) is 41.4 Å². The minimum Gasteiger partial charge on any atom is -0.353 e. The summed E-state index contributed by atoms with van der Waals surface area (Å²) in [5.41, 5.74) is 0. The third-order valence-corrected chi connectivity index (χ3v) is 8.00. The topological polar surface area (TPSA) is 90.0 Å². The molecule has 0 aromatic carbocycles. The predicted octanol–water partition coefficient (Wildman–Crippen LogP) is 0.0869. The van der Waals surface area contributed by atoms with E-state index in [1.54, 1.807) is 0 Å². The fourth-order valence-corrected chi connectivity index (χ4v) is 6.54. The van der Waals surface area contributed by atoms with Gasteiger partial charge in [0.15, 0.2) is 9.84 Å². The molecular formula is C20H36N4O4S. The van der Waals surface area contributed by atoms with Gasteiger partial charge in [-0.1, -0.05) is 12.8 Å². The number of nitrogens with one attached hydrogen (secondary N) is 1. The van der Waals surface area contributed by atoms with Crippen molar-refractivity contribution >= 4 is 21.7 Å². The van der Waals surface area contributed by atoms with Crippen molar-refractivity contribution in [1.29, 1.82) is 0 Å².